The monoisotopic (exact) mass is 871 g/mol. The number of carbonyl (C=O) groups is 5. The van der Waals surface area contributed by atoms with Crippen LogP contribution in [0.3, 0.4) is 0 Å². The molecule has 19 heteroatoms. The Hall–Kier alpha value is -6.52. The maximum atomic E-state index is 14.7. The Labute approximate surface area is 359 Å². The molecule has 0 radical (unpaired) electrons. The number of aliphatic carboxylic acids is 1. The molecule has 4 aliphatic rings. The van der Waals surface area contributed by atoms with Crippen LogP contribution in [-0.4, -0.2) is 141 Å². The van der Waals surface area contributed by atoms with E-state index in [0.717, 1.165) is 11.1 Å². The molecule has 2 atom stereocenters. The van der Waals surface area contributed by atoms with E-state index < -0.39 is 13.3 Å². The number of nitrogens with zero attached hydrogens (tertiary/aromatic N) is 5. The van der Waals surface area contributed by atoms with Gasteiger partial charge < -0.3 is 49.1 Å². The Morgan fingerprint density at radius 3 is 1.65 bits per heavy atom. The van der Waals surface area contributed by atoms with Gasteiger partial charge in [-0.05, 0) is 49.6 Å². The number of amides is 4. The van der Waals surface area contributed by atoms with Gasteiger partial charge in [0.25, 0.3) is 11.8 Å². The van der Waals surface area contributed by atoms with Crippen LogP contribution < -0.4 is 29.6 Å². The average Bonchev–Trinajstić information content (AvgIpc) is 3.82. The highest BCUT2D eigenvalue weighted by Gasteiger charge is 2.35. The van der Waals surface area contributed by atoms with Crippen LogP contribution in [0.25, 0.3) is 0 Å². The molecule has 18 nitrogen and oxygen atoms in total. The summed E-state index contributed by atoms with van der Waals surface area (Å²) in [7, 11) is 4.35. The third kappa shape index (κ3) is 10.3. The Morgan fingerprint density at radius 2 is 1.24 bits per heavy atom. The molecule has 6 rings (SSSR count). The van der Waals surface area contributed by atoms with Gasteiger partial charge in [-0.1, -0.05) is 12.2 Å². The van der Waals surface area contributed by atoms with Gasteiger partial charge in [0.15, 0.2) is 30.3 Å². The highest BCUT2D eigenvalue weighted by molar-refractivity contribution is 7.61. The van der Waals surface area contributed by atoms with Gasteiger partial charge in [-0.25, -0.2) is 0 Å². The fraction of sp³-hybridized carbons (Fsp3) is 0.372. The first-order chi connectivity index (χ1) is 29.8. The zero-order chi connectivity index (χ0) is 44.6. The first-order valence-corrected chi connectivity index (χ1v) is 22.0. The number of hydrogen-bond donors (Lipinski definition) is 3. The normalized spacial score (nSPS) is 17.8. The molecule has 2 aromatic carbocycles. The largest absolute Gasteiger partial charge is 0.493 e. The lowest BCUT2D eigenvalue weighted by atomic mass is 10.1. The van der Waals surface area contributed by atoms with E-state index in [1.54, 1.807) is 82.8 Å². The van der Waals surface area contributed by atoms with Crippen LogP contribution in [-0.2, 0) is 18.9 Å². The second kappa shape index (κ2) is 19.9. The molecule has 3 N–H and O–H groups in total. The number of allylic oxidation sites excluding steroid dienone is 2. The second-order valence-electron chi connectivity index (χ2n) is 14.7. The van der Waals surface area contributed by atoms with Crippen LogP contribution in [0, 0.1) is 0 Å². The van der Waals surface area contributed by atoms with Crippen molar-refractivity contribution in [2.45, 2.75) is 37.8 Å². The molecule has 2 aromatic rings. The summed E-state index contributed by atoms with van der Waals surface area (Å²) in [5.74, 6) is -0.954. The minimum atomic E-state index is -3.28. The van der Waals surface area contributed by atoms with E-state index in [0.29, 0.717) is 35.3 Å². The van der Waals surface area contributed by atoms with E-state index in [4.69, 9.17) is 18.9 Å². The van der Waals surface area contributed by atoms with Crippen LogP contribution in [0.4, 0.5) is 11.4 Å². The van der Waals surface area contributed by atoms with Crippen LogP contribution in [0.2, 0.25) is 0 Å². The Bertz CT molecular complexity index is 2210. The van der Waals surface area contributed by atoms with Crippen molar-refractivity contribution in [3.05, 3.63) is 83.2 Å². The van der Waals surface area contributed by atoms with Crippen molar-refractivity contribution < 1.29 is 52.6 Å². The summed E-state index contributed by atoms with van der Waals surface area (Å²) < 4.78 is 40.0. The minimum absolute atomic E-state index is 0.0275. The number of ether oxygens (including phenoxy) is 4. The number of carbonyl (C=O) groups excluding carboxylic acids is 4. The summed E-state index contributed by atoms with van der Waals surface area (Å²) in [6, 6.07) is 5.62. The quantitative estimate of drug-likeness (QED) is 0.132. The molecule has 4 heterocycles. The highest BCUT2D eigenvalue weighted by Crippen LogP contribution is 2.49. The lowest BCUT2D eigenvalue weighted by molar-refractivity contribution is -0.137. The third-order valence-corrected chi connectivity index (χ3v) is 14.0. The topological polar surface area (TPSA) is 218 Å². The van der Waals surface area contributed by atoms with Gasteiger partial charge in [0.1, 0.15) is 0 Å². The summed E-state index contributed by atoms with van der Waals surface area (Å²) >= 11 is 0. The maximum Gasteiger partial charge on any atom is 0.303 e. The van der Waals surface area contributed by atoms with Crippen molar-refractivity contribution in [1.82, 2.24) is 25.1 Å². The third-order valence-electron chi connectivity index (χ3n) is 10.8. The standard InChI is InChI=1S/C43H50N7O11P/c1-44-39(51)10-8-27-17-29-23-46-33-21-37(35(58-4)19-31(33)42(55)49(29)25-27)60-13-15-62(57,48(3)12-6-7-41(53)54)16-14-61-38-22-34-32(20-36(38)59-5)43(56)50-26-28(9-11-40(52)45-2)18-30(50)24-47-34/h8-11,19-26,29-30H,6-7,12-18H2,1-5H3,(H,44,51)(H,45,52)(H,53,54)/b10-8+,11-9+/t29-,30-/m0/s1. The lowest BCUT2D eigenvalue weighted by Gasteiger charge is -2.29. The number of aliphatic imine (C=N–C) groups is 2. The van der Waals surface area contributed by atoms with Gasteiger partial charge in [-0.2, -0.15) is 0 Å². The molecule has 0 fully saturated rings. The molecule has 0 unspecified atom stereocenters. The molecule has 0 spiro atoms. The molecule has 0 aromatic heterocycles. The Kier molecular flexibility index (Phi) is 14.5. The van der Waals surface area contributed by atoms with E-state index in [9.17, 15) is 33.6 Å². The highest BCUT2D eigenvalue weighted by atomic mass is 31.2. The molecular weight excluding hydrogens is 821 g/mol. The average molecular weight is 872 g/mol. The molecule has 4 aliphatic heterocycles. The van der Waals surface area contributed by atoms with Crippen molar-refractivity contribution in [3.63, 3.8) is 0 Å². The Balaban J connectivity index is 1.15. The van der Waals surface area contributed by atoms with Crippen molar-refractivity contribution in [2.24, 2.45) is 9.98 Å². The van der Waals surface area contributed by atoms with E-state index in [2.05, 4.69) is 20.6 Å². The molecule has 0 aliphatic carbocycles. The second-order valence-corrected chi connectivity index (χ2v) is 18.0. The van der Waals surface area contributed by atoms with E-state index in [-0.39, 0.29) is 104 Å². The predicted molar refractivity (Wildman–Crippen MR) is 232 cm³/mol. The maximum absolute atomic E-state index is 14.7. The predicted octanol–water partition coefficient (Wildman–Crippen LogP) is 4.47. The van der Waals surface area contributed by atoms with Crippen molar-refractivity contribution in [3.8, 4) is 23.0 Å². The molecule has 62 heavy (non-hydrogen) atoms. The number of benzene rings is 2. The van der Waals surface area contributed by atoms with Gasteiger partial charge >= 0.3 is 5.97 Å². The van der Waals surface area contributed by atoms with E-state index in [1.807, 2.05) is 0 Å². The number of rotatable bonds is 19. The number of carboxylic acids is 1. The summed E-state index contributed by atoms with van der Waals surface area (Å²) in [5, 5.41) is 14.3. The molecular formula is C43H50N7O11P. The number of carboxylic acid groups (broad SMARTS) is 1. The van der Waals surface area contributed by atoms with Gasteiger partial charge in [0, 0.05) is 88.5 Å². The molecule has 4 amide bonds. The molecule has 328 valence electrons. The number of nitrogens with one attached hydrogen (secondary N) is 2. The van der Waals surface area contributed by atoms with Crippen LogP contribution >= 0.6 is 7.29 Å². The SMILES string of the molecule is CNC(=O)/C=C/C1=CN2C(=O)c3cc(OC)c(OCCP(=O)(CCOc4cc5c(cc4OC)C(=O)N4C=C(/C=C/C(=O)NC)C[C@H]4C=N5)N(C)CCCC(=O)O)cc3N=C[C@@H]2C1. The summed E-state index contributed by atoms with van der Waals surface area (Å²) in [5.41, 5.74) is 2.92. The number of hydrogen-bond acceptors (Lipinski definition) is 12. The summed E-state index contributed by atoms with van der Waals surface area (Å²) in [6.45, 7) is 0.187. The van der Waals surface area contributed by atoms with Gasteiger partial charge in [-0.3, -0.25) is 38.6 Å². The lowest BCUT2D eigenvalue weighted by Crippen LogP contribution is -2.32. The molecule has 0 saturated carbocycles. The van der Waals surface area contributed by atoms with Gasteiger partial charge in [-0.15, -0.1) is 0 Å². The zero-order valence-electron chi connectivity index (χ0n) is 35.2. The summed E-state index contributed by atoms with van der Waals surface area (Å²) in [6.07, 6.45) is 14.1. The number of methoxy groups -OCH3 is 2. The number of fused-ring (bicyclic) bond motifs is 4. The van der Waals surface area contributed by atoms with Crippen LogP contribution in [0.15, 0.2) is 82.1 Å². The minimum Gasteiger partial charge on any atom is -0.493 e. The summed E-state index contributed by atoms with van der Waals surface area (Å²) in [4.78, 5) is 74.4. The van der Waals surface area contributed by atoms with Crippen molar-refractivity contribution >= 4 is 60.7 Å². The van der Waals surface area contributed by atoms with Crippen molar-refractivity contribution in [2.75, 3.05) is 67.4 Å². The van der Waals surface area contributed by atoms with Crippen LogP contribution in [0.1, 0.15) is 46.4 Å². The van der Waals surface area contributed by atoms with E-state index in [1.165, 1.54) is 40.5 Å². The fourth-order valence-corrected chi connectivity index (χ4v) is 9.42. The smallest absolute Gasteiger partial charge is 0.303 e. The Morgan fingerprint density at radius 1 is 0.790 bits per heavy atom. The van der Waals surface area contributed by atoms with Gasteiger partial charge in [0.05, 0.1) is 62.0 Å². The first-order valence-electron chi connectivity index (χ1n) is 19.9. The van der Waals surface area contributed by atoms with Gasteiger partial charge in [0.2, 0.25) is 11.8 Å². The van der Waals surface area contributed by atoms with Crippen LogP contribution in [0.5, 0.6) is 23.0 Å². The zero-order valence-corrected chi connectivity index (χ0v) is 36.1. The fourth-order valence-electron chi connectivity index (χ4n) is 7.26. The van der Waals surface area contributed by atoms with Crippen molar-refractivity contribution in [1.29, 1.82) is 0 Å². The molecule has 0 bridgehead atoms. The first kappa shape index (κ1) is 45.0. The van der Waals surface area contributed by atoms with E-state index >= 15 is 0 Å². The number of likely N-dealkylation sites (N-methyl/N-ethyl adjacent to an activating group) is 2. The molecule has 0 saturated heterocycles.